The maximum absolute atomic E-state index is 11.9. The topological polar surface area (TPSA) is 69.2 Å². The van der Waals surface area contributed by atoms with Crippen LogP contribution in [0.15, 0.2) is 22.5 Å². The summed E-state index contributed by atoms with van der Waals surface area (Å²) in [6, 6.07) is 4.71. The number of nitrogens with zero attached hydrogens (tertiary/aromatic N) is 3. The van der Waals surface area contributed by atoms with Crippen molar-refractivity contribution in [3.8, 4) is 0 Å². The van der Waals surface area contributed by atoms with Gasteiger partial charge in [-0.15, -0.1) is 11.3 Å². The van der Waals surface area contributed by atoms with Gasteiger partial charge in [-0.1, -0.05) is 6.07 Å². The van der Waals surface area contributed by atoms with E-state index in [1.165, 1.54) is 17.7 Å². The van der Waals surface area contributed by atoms with Gasteiger partial charge >= 0.3 is 6.09 Å². The molecule has 0 radical (unpaired) electrons. The highest BCUT2D eigenvalue weighted by atomic mass is 32.1. The van der Waals surface area contributed by atoms with E-state index in [9.17, 15) is 4.79 Å². The number of ether oxygens (including phenoxy) is 1. The predicted molar refractivity (Wildman–Crippen MR) is 123 cm³/mol. The molecule has 8 heteroatoms. The van der Waals surface area contributed by atoms with Crippen molar-refractivity contribution in [3.63, 3.8) is 0 Å². The molecule has 2 fully saturated rings. The second-order valence-electron chi connectivity index (χ2n) is 8.12. The average molecular weight is 436 g/mol. The molecule has 2 aliphatic heterocycles. The van der Waals surface area contributed by atoms with Crippen LogP contribution in [0.3, 0.4) is 0 Å². The van der Waals surface area contributed by atoms with Crippen molar-refractivity contribution in [2.75, 3.05) is 45.9 Å². The zero-order valence-corrected chi connectivity index (χ0v) is 19.3. The Balaban J connectivity index is 1.40. The largest absolute Gasteiger partial charge is 0.450 e. The van der Waals surface area contributed by atoms with E-state index in [-0.39, 0.29) is 6.09 Å². The third kappa shape index (κ3) is 7.16. The molecule has 1 amide bonds. The van der Waals surface area contributed by atoms with Gasteiger partial charge < -0.3 is 20.3 Å². The quantitative estimate of drug-likeness (QED) is 0.509. The van der Waals surface area contributed by atoms with Crippen LogP contribution in [0.25, 0.3) is 0 Å². The first-order valence-electron chi connectivity index (χ1n) is 11.4. The standard InChI is InChI=1S/C22H37N5O2S/c1-3-23-21(25-19-9-13-27(14-10-19)22(28)29-4-2)24-16-18-7-11-26(12-8-18)17-20-6-5-15-30-20/h5-6,15,18-19H,3-4,7-14,16-17H2,1-2H3,(H2,23,24,25). The molecule has 0 bridgehead atoms. The summed E-state index contributed by atoms with van der Waals surface area (Å²) in [5, 5.41) is 9.12. The van der Waals surface area contributed by atoms with Crippen molar-refractivity contribution in [2.45, 2.75) is 52.1 Å². The Morgan fingerprint density at radius 2 is 1.97 bits per heavy atom. The SMILES string of the molecule is CCNC(=NCC1CCN(Cc2cccs2)CC1)NC1CCN(C(=O)OCC)CC1. The lowest BCUT2D eigenvalue weighted by Gasteiger charge is -2.33. The van der Waals surface area contributed by atoms with Gasteiger partial charge in [0.25, 0.3) is 0 Å². The summed E-state index contributed by atoms with van der Waals surface area (Å²) in [6.45, 7) is 11.0. The van der Waals surface area contributed by atoms with Gasteiger partial charge in [0.05, 0.1) is 6.61 Å². The van der Waals surface area contributed by atoms with Crippen molar-refractivity contribution in [1.29, 1.82) is 0 Å². The van der Waals surface area contributed by atoms with Gasteiger partial charge in [-0.25, -0.2) is 4.79 Å². The molecule has 2 aliphatic rings. The van der Waals surface area contributed by atoms with Gasteiger partial charge in [0.15, 0.2) is 5.96 Å². The minimum absolute atomic E-state index is 0.193. The average Bonchev–Trinajstić information content (AvgIpc) is 3.27. The van der Waals surface area contributed by atoms with Crippen LogP contribution < -0.4 is 10.6 Å². The molecule has 1 aromatic heterocycles. The van der Waals surface area contributed by atoms with Crippen LogP contribution in [0.4, 0.5) is 4.79 Å². The van der Waals surface area contributed by atoms with E-state index in [4.69, 9.17) is 9.73 Å². The molecular weight excluding hydrogens is 398 g/mol. The Hall–Kier alpha value is -1.80. The summed E-state index contributed by atoms with van der Waals surface area (Å²) in [4.78, 5) is 22.6. The molecule has 0 atom stereocenters. The van der Waals surface area contributed by atoms with Gasteiger partial charge in [-0.2, -0.15) is 0 Å². The van der Waals surface area contributed by atoms with E-state index >= 15 is 0 Å². The van der Waals surface area contributed by atoms with Gasteiger partial charge in [-0.05, 0) is 70.0 Å². The Morgan fingerprint density at radius 1 is 1.20 bits per heavy atom. The van der Waals surface area contributed by atoms with E-state index < -0.39 is 0 Å². The molecule has 0 aromatic carbocycles. The van der Waals surface area contributed by atoms with Crippen molar-refractivity contribution >= 4 is 23.4 Å². The normalized spacial score (nSPS) is 19.7. The fourth-order valence-electron chi connectivity index (χ4n) is 4.10. The summed E-state index contributed by atoms with van der Waals surface area (Å²) in [6.07, 6.45) is 4.08. The molecule has 2 saturated heterocycles. The Morgan fingerprint density at radius 3 is 2.60 bits per heavy atom. The van der Waals surface area contributed by atoms with E-state index in [1.54, 1.807) is 4.90 Å². The van der Waals surface area contributed by atoms with E-state index in [0.717, 1.165) is 64.6 Å². The third-order valence-corrected chi connectivity index (χ3v) is 6.74. The lowest BCUT2D eigenvalue weighted by atomic mass is 9.97. The number of hydrogen-bond donors (Lipinski definition) is 2. The molecule has 7 nitrogen and oxygen atoms in total. The van der Waals surface area contributed by atoms with E-state index in [1.807, 2.05) is 18.3 Å². The number of piperidine rings is 2. The second kappa shape index (κ2) is 12.2. The van der Waals surface area contributed by atoms with Crippen LogP contribution >= 0.6 is 11.3 Å². The maximum Gasteiger partial charge on any atom is 0.409 e. The van der Waals surface area contributed by atoms with Crippen molar-refractivity contribution < 1.29 is 9.53 Å². The van der Waals surface area contributed by atoms with Crippen LogP contribution in [0.5, 0.6) is 0 Å². The zero-order chi connectivity index (χ0) is 21.2. The molecule has 168 valence electrons. The number of hydrogen-bond acceptors (Lipinski definition) is 5. The number of amides is 1. The molecule has 0 aliphatic carbocycles. The summed E-state index contributed by atoms with van der Waals surface area (Å²) in [7, 11) is 0. The Labute approximate surface area is 184 Å². The number of carbonyl (C=O) groups excluding carboxylic acids is 1. The minimum Gasteiger partial charge on any atom is -0.450 e. The molecule has 3 rings (SSSR count). The first kappa shape index (κ1) is 22.9. The first-order chi connectivity index (χ1) is 14.7. The van der Waals surface area contributed by atoms with Crippen LogP contribution in [0, 0.1) is 5.92 Å². The van der Waals surface area contributed by atoms with Gasteiger partial charge in [0.2, 0.25) is 0 Å². The van der Waals surface area contributed by atoms with Gasteiger partial charge in [-0.3, -0.25) is 9.89 Å². The monoisotopic (exact) mass is 435 g/mol. The molecule has 0 unspecified atom stereocenters. The van der Waals surface area contributed by atoms with Gasteiger partial charge in [0, 0.05) is 43.6 Å². The third-order valence-electron chi connectivity index (χ3n) is 5.88. The summed E-state index contributed by atoms with van der Waals surface area (Å²) in [5.74, 6) is 1.57. The van der Waals surface area contributed by atoms with E-state index in [0.29, 0.717) is 18.6 Å². The number of thiophene rings is 1. The highest BCUT2D eigenvalue weighted by molar-refractivity contribution is 7.09. The first-order valence-corrected chi connectivity index (χ1v) is 12.3. The maximum atomic E-state index is 11.9. The van der Waals surface area contributed by atoms with Crippen LogP contribution in [0.2, 0.25) is 0 Å². The van der Waals surface area contributed by atoms with E-state index in [2.05, 4.69) is 40.0 Å². The Bertz CT molecular complexity index is 650. The smallest absolute Gasteiger partial charge is 0.409 e. The lowest BCUT2D eigenvalue weighted by molar-refractivity contribution is 0.0963. The van der Waals surface area contributed by atoms with Crippen LogP contribution in [-0.2, 0) is 11.3 Å². The summed E-state index contributed by atoms with van der Waals surface area (Å²) < 4.78 is 5.11. The summed E-state index contributed by atoms with van der Waals surface area (Å²) >= 11 is 1.85. The van der Waals surface area contributed by atoms with Gasteiger partial charge in [0.1, 0.15) is 0 Å². The molecular formula is C22H37N5O2S. The molecule has 0 saturated carbocycles. The Kier molecular flexibility index (Phi) is 9.27. The number of rotatable bonds is 7. The molecule has 30 heavy (non-hydrogen) atoms. The number of aliphatic imine (C=N–C) groups is 1. The second-order valence-corrected chi connectivity index (χ2v) is 9.16. The molecule has 1 aromatic rings. The van der Waals surface area contributed by atoms with Crippen molar-refractivity contribution in [1.82, 2.24) is 20.4 Å². The minimum atomic E-state index is -0.193. The van der Waals surface area contributed by atoms with Crippen LogP contribution in [-0.4, -0.2) is 73.8 Å². The number of likely N-dealkylation sites (tertiary alicyclic amines) is 2. The number of guanidine groups is 1. The number of carbonyl (C=O) groups is 1. The molecule has 2 N–H and O–H groups in total. The fourth-order valence-corrected chi connectivity index (χ4v) is 4.85. The summed E-state index contributed by atoms with van der Waals surface area (Å²) in [5.41, 5.74) is 0. The molecule has 3 heterocycles. The highest BCUT2D eigenvalue weighted by Gasteiger charge is 2.24. The molecule has 0 spiro atoms. The lowest BCUT2D eigenvalue weighted by Crippen LogP contribution is -2.50. The highest BCUT2D eigenvalue weighted by Crippen LogP contribution is 2.21. The fraction of sp³-hybridized carbons (Fsp3) is 0.727. The van der Waals surface area contributed by atoms with Crippen molar-refractivity contribution in [3.05, 3.63) is 22.4 Å². The zero-order valence-electron chi connectivity index (χ0n) is 18.4. The van der Waals surface area contributed by atoms with Crippen LogP contribution in [0.1, 0.15) is 44.4 Å². The van der Waals surface area contributed by atoms with Crippen molar-refractivity contribution in [2.24, 2.45) is 10.9 Å². The predicted octanol–water partition coefficient (Wildman–Crippen LogP) is 3.14. The number of nitrogens with one attached hydrogen (secondary N) is 2.